The fourth-order valence-corrected chi connectivity index (χ4v) is 3.72. The van der Waals surface area contributed by atoms with Gasteiger partial charge in [-0.2, -0.15) is 0 Å². The maximum Gasteiger partial charge on any atom is 0.332 e. The molecule has 0 aromatic heterocycles. The molecule has 2 aromatic carbocycles. The first kappa shape index (κ1) is 23.1. The van der Waals surface area contributed by atoms with Crippen molar-refractivity contribution in [2.24, 2.45) is 0 Å². The van der Waals surface area contributed by atoms with Crippen LogP contribution < -0.4 is 15.5 Å². The van der Waals surface area contributed by atoms with Crippen molar-refractivity contribution < 1.29 is 29.7 Å². The predicted octanol–water partition coefficient (Wildman–Crippen LogP) is 2.89. The first-order chi connectivity index (χ1) is 14.8. The van der Waals surface area contributed by atoms with Crippen LogP contribution in [0.4, 0.5) is 5.69 Å². The number of phenolic OH excluding ortho intramolecular Hbond substituents is 1. The van der Waals surface area contributed by atoms with Crippen LogP contribution in [-0.2, 0) is 16.1 Å². The summed E-state index contributed by atoms with van der Waals surface area (Å²) in [5.41, 5.74) is 2.01. The average molecular weight is 470 g/mol. The summed E-state index contributed by atoms with van der Waals surface area (Å²) in [6, 6.07) is 7.42. The van der Waals surface area contributed by atoms with Crippen molar-refractivity contribution in [1.29, 1.82) is 0 Å². The second-order valence-corrected chi connectivity index (χ2v) is 7.88. The summed E-state index contributed by atoms with van der Waals surface area (Å²) in [6.07, 6.45) is 1.09. The summed E-state index contributed by atoms with van der Waals surface area (Å²) < 4.78 is 5.80. The van der Waals surface area contributed by atoms with Gasteiger partial charge in [-0.1, -0.05) is 23.2 Å². The Labute approximate surface area is 188 Å². The van der Waals surface area contributed by atoms with Gasteiger partial charge in [-0.3, -0.25) is 19.7 Å². The third-order valence-corrected chi connectivity index (χ3v) is 5.35. The summed E-state index contributed by atoms with van der Waals surface area (Å²) in [5.74, 6) is -1.70. The van der Waals surface area contributed by atoms with Crippen molar-refractivity contribution >= 4 is 40.7 Å². The molecule has 9 nitrogen and oxygen atoms in total. The lowest BCUT2D eigenvalue weighted by molar-refractivity contribution is -0.141. The molecular formula is C20H21Cl2N3O6. The number of benzene rings is 2. The Kier molecular flexibility index (Phi) is 7.58. The number of ether oxygens (including phenoxy) is 1. The van der Waals surface area contributed by atoms with Crippen LogP contribution >= 0.6 is 23.2 Å². The van der Waals surface area contributed by atoms with Gasteiger partial charge in [0.25, 0.3) is 0 Å². The molecule has 0 spiro atoms. The molecule has 0 saturated carbocycles. The lowest BCUT2D eigenvalue weighted by Crippen LogP contribution is -2.35. The number of amides is 2. The van der Waals surface area contributed by atoms with Gasteiger partial charge < -0.3 is 20.3 Å². The van der Waals surface area contributed by atoms with E-state index in [9.17, 15) is 19.8 Å². The van der Waals surface area contributed by atoms with Crippen LogP contribution in [0.3, 0.4) is 0 Å². The molecule has 5 N–H and O–H groups in total. The van der Waals surface area contributed by atoms with E-state index in [4.69, 9.17) is 33.1 Å². The minimum absolute atomic E-state index is 0.0758. The molecule has 11 heteroatoms. The average Bonchev–Trinajstić information content (AvgIpc) is 2.74. The number of aromatic hydroxyl groups is 1. The molecule has 0 aliphatic carbocycles. The molecule has 1 fully saturated rings. The molecule has 0 unspecified atom stereocenters. The normalized spacial score (nSPS) is 14.8. The number of phenols is 1. The summed E-state index contributed by atoms with van der Waals surface area (Å²) >= 11 is 12.5. The number of piperidine rings is 1. The number of carbonyl (C=O) groups is 2. The fraction of sp³-hybridized carbons (Fsp3) is 0.300. The Morgan fingerprint density at radius 2 is 1.74 bits per heavy atom. The molecule has 1 aliphatic rings. The zero-order valence-electron chi connectivity index (χ0n) is 16.3. The number of carbonyl (C=O) groups excluding carboxylic acids is 2. The SMILES string of the molecule is O=C(NO)C(=O)Nc1cc(Cl)c(Oc2ccc(O)c(CN3CCC(O)CC3)c2)c(Cl)c1. The maximum absolute atomic E-state index is 11.6. The third-order valence-electron chi connectivity index (χ3n) is 4.79. The minimum atomic E-state index is -1.24. The summed E-state index contributed by atoms with van der Waals surface area (Å²) in [4.78, 5) is 24.8. The Morgan fingerprint density at radius 3 is 2.35 bits per heavy atom. The molecule has 0 atom stereocenters. The van der Waals surface area contributed by atoms with E-state index < -0.39 is 11.8 Å². The van der Waals surface area contributed by atoms with Gasteiger partial charge in [0, 0.05) is 30.9 Å². The van der Waals surface area contributed by atoms with E-state index in [1.165, 1.54) is 23.7 Å². The third kappa shape index (κ3) is 5.99. The first-order valence-corrected chi connectivity index (χ1v) is 10.2. The molecular weight excluding hydrogens is 449 g/mol. The Bertz CT molecular complexity index is 956. The van der Waals surface area contributed by atoms with E-state index in [0.717, 1.165) is 13.1 Å². The number of hydrogen-bond donors (Lipinski definition) is 5. The van der Waals surface area contributed by atoms with Crippen molar-refractivity contribution in [3.8, 4) is 17.2 Å². The van der Waals surface area contributed by atoms with Crippen molar-refractivity contribution in [2.75, 3.05) is 18.4 Å². The van der Waals surface area contributed by atoms with Crippen LogP contribution in [0, 0.1) is 0 Å². The van der Waals surface area contributed by atoms with Gasteiger partial charge in [0.05, 0.1) is 16.1 Å². The van der Waals surface area contributed by atoms with Crippen molar-refractivity contribution in [1.82, 2.24) is 10.4 Å². The van der Waals surface area contributed by atoms with Crippen LogP contribution in [0.1, 0.15) is 18.4 Å². The highest BCUT2D eigenvalue weighted by Gasteiger charge is 2.19. The number of rotatable bonds is 5. The molecule has 0 bridgehead atoms. The molecule has 1 heterocycles. The number of nitrogens with zero attached hydrogens (tertiary/aromatic N) is 1. The van der Waals surface area contributed by atoms with E-state index in [1.807, 2.05) is 0 Å². The van der Waals surface area contributed by atoms with E-state index in [0.29, 0.717) is 30.7 Å². The lowest BCUT2D eigenvalue weighted by atomic mass is 10.1. The van der Waals surface area contributed by atoms with Crippen molar-refractivity contribution in [2.45, 2.75) is 25.5 Å². The molecule has 0 radical (unpaired) electrons. The largest absolute Gasteiger partial charge is 0.508 e. The van der Waals surface area contributed by atoms with E-state index in [-0.39, 0.29) is 33.3 Å². The van der Waals surface area contributed by atoms with Crippen LogP contribution in [-0.4, -0.2) is 51.3 Å². The Hall–Kier alpha value is -2.56. The summed E-state index contributed by atoms with van der Waals surface area (Å²) in [7, 11) is 0. The standard InChI is InChI=1S/C20H21Cl2N3O6/c21-15-8-12(23-19(28)20(29)24-30)9-16(22)18(15)31-14-1-2-17(27)11(7-14)10-25-5-3-13(26)4-6-25/h1-2,7-9,13,26-27,30H,3-6,10H2,(H,23,28)(H,24,29). The van der Waals surface area contributed by atoms with Crippen LogP contribution in [0.25, 0.3) is 0 Å². The van der Waals surface area contributed by atoms with Crippen LogP contribution in [0.5, 0.6) is 17.2 Å². The molecule has 2 aromatic rings. The number of halogens is 2. The zero-order valence-corrected chi connectivity index (χ0v) is 17.8. The highest BCUT2D eigenvalue weighted by atomic mass is 35.5. The maximum atomic E-state index is 11.6. The topological polar surface area (TPSA) is 131 Å². The van der Waals surface area contributed by atoms with Crippen molar-refractivity contribution in [3.63, 3.8) is 0 Å². The number of anilines is 1. The highest BCUT2D eigenvalue weighted by Crippen LogP contribution is 2.39. The first-order valence-electron chi connectivity index (χ1n) is 9.41. The quantitative estimate of drug-likeness (QED) is 0.258. The Balaban J connectivity index is 1.74. The Morgan fingerprint density at radius 1 is 1.10 bits per heavy atom. The second kappa shape index (κ2) is 10.2. The van der Waals surface area contributed by atoms with Gasteiger partial charge in [0.15, 0.2) is 5.75 Å². The van der Waals surface area contributed by atoms with Crippen LogP contribution in [0.15, 0.2) is 30.3 Å². The lowest BCUT2D eigenvalue weighted by Gasteiger charge is -2.29. The van der Waals surface area contributed by atoms with Crippen molar-refractivity contribution in [3.05, 3.63) is 45.9 Å². The number of aliphatic hydroxyl groups excluding tert-OH is 1. The second-order valence-electron chi connectivity index (χ2n) is 7.06. The monoisotopic (exact) mass is 469 g/mol. The summed E-state index contributed by atoms with van der Waals surface area (Å²) in [6.45, 7) is 1.95. The van der Waals surface area contributed by atoms with Gasteiger partial charge >= 0.3 is 11.8 Å². The molecule has 3 rings (SSSR count). The number of aliphatic hydroxyl groups is 1. The molecule has 2 amide bonds. The van der Waals surface area contributed by atoms with Gasteiger partial charge in [0.1, 0.15) is 11.5 Å². The zero-order chi connectivity index (χ0) is 22.5. The molecule has 1 saturated heterocycles. The number of likely N-dealkylation sites (tertiary alicyclic amines) is 1. The number of nitrogens with one attached hydrogen (secondary N) is 2. The molecule has 166 valence electrons. The minimum Gasteiger partial charge on any atom is -0.508 e. The number of hydroxylamine groups is 1. The van der Waals surface area contributed by atoms with E-state index in [1.54, 1.807) is 12.1 Å². The molecule has 1 aliphatic heterocycles. The van der Waals surface area contributed by atoms with Gasteiger partial charge in [-0.05, 0) is 43.2 Å². The van der Waals surface area contributed by atoms with E-state index >= 15 is 0 Å². The van der Waals surface area contributed by atoms with Gasteiger partial charge in [-0.15, -0.1) is 0 Å². The predicted molar refractivity (Wildman–Crippen MR) is 114 cm³/mol. The van der Waals surface area contributed by atoms with Gasteiger partial charge in [0.2, 0.25) is 0 Å². The van der Waals surface area contributed by atoms with Crippen LogP contribution in [0.2, 0.25) is 10.0 Å². The fourth-order valence-electron chi connectivity index (χ4n) is 3.16. The molecule has 31 heavy (non-hydrogen) atoms. The number of hydrogen-bond acceptors (Lipinski definition) is 7. The van der Waals surface area contributed by atoms with Gasteiger partial charge in [-0.25, -0.2) is 5.48 Å². The summed E-state index contributed by atoms with van der Waals surface area (Å²) in [5, 5.41) is 30.7. The highest BCUT2D eigenvalue weighted by molar-refractivity contribution is 6.40. The smallest absolute Gasteiger partial charge is 0.332 e. The van der Waals surface area contributed by atoms with E-state index in [2.05, 4.69) is 10.2 Å².